The number of benzene rings is 1. The quantitative estimate of drug-likeness (QED) is 0.645. The van der Waals surface area contributed by atoms with Crippen molar-refractivity contribution in [2.75, 3.05) is 0 Å². The van der Waals surface area contributed by atoms with E-state index in [1.165, 1.54) is 16.8 Å². The molecular weight excluding hydrogens is 410 g/mol. The molecule has 0 aliphatic carbocycles. The maximum atomic E-state index is 12.8. The molecule has 1 aromatic carbocycles. The number of pyridine rings is 1. The summed E-state index contributed by atoms with van der Waals surface area (Å²) in [6.07, 6.45) is 5.06. The molecule has 2 aromatic heterocycles. The number of carbonyl (C=O) groups excluding carboxylic acids is 1. The fourth-order valence-corrected chi connectivity index (χ4v) is 4.31. The van der Waals surface area contributed by atoms with Crippen LogP contribution in [0.15, 0.2) is 70.5 Å². The van der Waals surface area contributed by atoms with E-state index in [2.05, 4.69) is 20.2 Å². The third-order valence-electron chi connectivity index (χ3n) is 5.00. The lowest BCUT2D eigenvalue weighted by atomic mass is 10.1. The molecule has 4 heterocycles. The maximum absolute atomic E-state index is 12.8. The summed E-state index contributed by atoms with van der Waals surface area (Å²) in [4.78, 5) is 21.0. The number of nitrogens with one attached hydrogen (secondary N) is 1. The van der Waals surface area contributed by atoms with E-state index in [-0.39, 0.29) is 11.4 Å². The first-order chi connectivity index (χ1) is 15.0. The largest absolute Gasteiger partial charge is 0.283 e. The summed E-state index contributed by atoms with van der Waals surface area (Å²) in [6, 6.07) is 13.5. The summed E-state index contributed by atoms with van der Waals surface area (Å²) in [5, 5.41) is 20.1. The van der Waals surface area contributed by atoms with Gasteiger partial charge in [0.25, 0.3) is 5.91 Å². The van der Waals surface area contributed by atoms with Crippen LogP contribution >= 0.6 is 11.8 Å². The van der Waals surface area contributed by atoms with Crippen molar-refractivity contribution < 1.29 is 4.79 Å². The molecule has 0 atom stereocenters. The van der Waals surface area contributed by atoms with Gasteiger partial charge < -0.3 is 0 Å². The van der Waals surface area contributed by atoms with Crippen LogP contribution < -0.4 is 0 Å². The zero-order chi connectivity index (χ0) is 21.5. The van der Waals surface area contributed by atoms with Gasteiger partial charge in [-0.25, -0.2) is 4.68 Å². The Morgan fingerprint density at radius 1 is 1.10 bits per heavy atom. The second kappa shape index (κ2) is 7.44. The van der Waals surface area contributed by atoms with E-state index >= 15 is 0 Å². The number of hydrogen-bond acceptors (Lipinski definition) is 6. The SMILES string of the molecule is Cc1nn(-c2ccccc2)c(C)c1/C=C1/C(=N)N2N=C(c3cccnc3)SC2=NC1=O. The molecule has 8 nitrogen and oxygen atoms in total. The summed E-state index contributed by atoms with van der Waals surface area (Å²) in [6.45, 7) is 3.82. The number of hydrogen-bond donors (Lipinski definition) is 1. The van der Waals surface area contributed by atoms with Crippen LogP contribution in [0.25, 0.3) is 11.8 Å². The highest BCUT2D eigenvalue weighted by Crippen LogP contribution is 2.31. The van der Waals surface area contributed by atoms with E-state index in [4.69, 9.17) is 5.41 Å². The fraction of sp³-hybridized carbons (Fsp3) is 0.0909. The number of carbonyl (C=O) groups is 1. The minimum absolute atomic E-state index is 0.00680. The maximum Gasteiger partial charge on any atom is 0.283 e. The molecule has 0 saturated carbocycles. The summed E-state index contributed by atoms with van der Waals surface area (Å²) >= 11 is 1.25. The standard InChI is InChI=1S/C22H17N7OS/c1-13-17(14(2)28(26-13)16-8-4-3-5-9-16)11-18-19(23)29-22(25-20(18)30)31-21(27-29)15-7-6-10-24-12-15/h3-12,23H,1-2H3/b18-11-,23-19?. The van der Waals surface area contributed by atoms with Gasteiger partial charge >= 0.3 is 0 Å². The molecule has 0 saturated heterocycles. The molecule has 1 N–H and O–H groups in total. The number of aliphatic imine (C=N–C) groups is 1. The Morgan fingerprint density at radius 3 is 2.65 bits per heavy atom. The topological polar surface area (TPSA) is 99.6 Å². The smallest absolute Gasteiger partial charge is 0.282 e. The molecule has 0 bridgehead atoms. The number of amides is 1. The molecular formula is C22H17N7OS. The second-order valence-electron chi connectivity index (χ2n) is 7.00. The van der Waals surface area contributed by atoms with Gasteiger partial charge in [0, 0.05) is 29.2 Å². The Labute approximate surface area is 182 Å². The zero-order valence-corrected chi connectivity index (χ0v) is 17.6. The molecule has 0 radical (unpaired) electrons. The van der Waals surface area contributed by atoms with Crippen LogP contribution in [-0.4, -0.2) is 41.7 Å². The Kier molecular flexibility index (Phi) is 4.59. The lowest BCUT2D eigenvalue weighted by molar-refractivity contribution is -0.114. The van der Waals surface area contributed by atoms with Gasteiger partial charge in [0.15, 0.2) is 5.84 Å². The summed E-state index contributed by atoms with van der Waals surface area (Å²) in [7, 11) is 0. The molecule has 0 fully saturated rings. The van der Waals surface area contributed by atoms with Crippen LogP contribution in [0.1, 0.15) is 22.5 Å². The Bertz CT molecular complexity index is 1310. The zero-order valence-electron chi connectivity index (χ0n) is 16.8. The first kappa shape index (κ1) is 19.1. The van der Waals surface area contributed by atoms with Crippen LogP contribution in [0.5, 0.6) is 0 Å². The van der Waals surface area contributed by atoms with Crippen LogP contribution in [0.2, 0.25) is 0 Å². The van der Waals surface area contributed by atoms with Crippen LogP contribution in [0.4, 0.5) is 0 Å². The summed E-state index contributed by atoms with van der Waals surface area (Å²) in [5.41, 5.74) is 4.35. The first-order valence-electron chi connectivity index (χ1n) is 9.55. The predicted octanol–water partition coefficient (Wildman–Crippen LogP) is 3.55. The van der Waals surface area contributed by atoms with Gasteiger partial charge in [-0.1, -0.05) is 18.2 Å². The van der Waals surface area contributed by atoms with Crippen molar-refractivity contribution in [1.82, 2.24) is 19.8 Å². The van der Waals surface area contributed by atoms with Crippen molar-refractivity contribution in [3.8, 4) is 5.69 Å². The van der Waals surface area contributed by atoms with Gasteiger partial charge in [0.2, 0.25) is 5.17 Å². The van der Waals surface area contributed by atoms with E-state index in [9.17, 15) is 4.79 Å². The summed E-state index contributed by atoms with van der Waals surface area (Å²) in [5.74, 6) is -0.467. The van der Waals surface area contributed by atoms with Crippen LogP contribution in [0, 0.1) is 19.3 Å². The van der Waals surface area contributed by atoms with Crippen LogP contribution in [-0.2, 0) is 4.79 Å². The predicted molar refractivity (Wildman–Crippen MR) is 121 cm³/mol. The minimum Gasteiger partial charge on any atom is -0.282 e. The van der Waals surface area contributed by atoms with Crippen molar-refractivity contribution >= 4 is 39.8 Å². The van der Waals surface area contributed by atoms with Gasteiger partial charge in [0.1, 0.15) is 5.04 Å². The molecule has 1 amide bonds. The average Bonchev–Trinajstić information content (AvgIpc) is 3.34. The highest BCUT2D eigenvalue weighted by Gasteiger charge is 2.36. The number of thioether (sulfide) groups is 1. The Hall–Kier alpha value is -3.85. The third-order valence-corrected chi connectivity index (χ3v) is 5.96. The van der Waals surface area contributed by atoms with Gasteiger partial charge in [-0.05, 0) is 56.0 Å². The van der Waals surface area contributed by atoms with Crippen molar-refractivity contribution in [1.29, 1.82) is 5.41 Å². The van der Waals surface area contributed by atoms with Gasteiger partial charge in [-0.15, -0.1) is 0 Å². The number of nitrogens with zero attached hydrogens (tertiary/aromatic N) is 6. The second-order valence-corrected chi connectivity index (χ2v) is 7.95. The van der Waals surface area contributed by atoms with Crippen molar-refractivity contribution in [2.24, 2.45) is 10.1 Å². The van der Waals surface area contributed by atoms with E-state index < -0.39 is 5.91 Å². The molecule has 31 heavy (non-hydrogen) atoms. The third kappa shape index (κ3) is 3.28. The lowest BCUT2D eigenvalue weighted by Gasteiger charge is -2.20. The Morgan fingerprint density at radius 2 is 1.90 bits per heavy atom. The number of hydrazone groups is 1. The molecule has 2 aliphatic heterocycles. The van der Waals surface area contributed by atoms with Gasteiger partial charge in [-0.2, -0.15) is 20.2 Å². The van der Waals surface area contributed by atoms with E-state index in [1.807, 2.05) is 61.0 Å². The van der Waals surface area contributed by atoms with Crippen molar-refractivity contribution in [2.45, 2.75) is 13.8 Å². The van der Waals surface area contributed by atoms with Crippen molar-refractivity contribution in [3.05, 3.63) is 82.9 Å². The number of fused-ring (bicyclic) bond motifs is 1. The monoisotopic (exact) mass is 427 g/mol. The van der Waals surface area contributed by atoms with E-state index in [0.29, 0.717) is 10.2 Å². The highest BCUT2D eigenvalue weighted by atomic mass is 32.2. The van der Waals surface area contributed by atoms with Gasteiger partial charge in [-0.3, -0.25) is 15.2 Å². The molecule has 2 aliphatic rings. The number of rotatable bonds is 3. The average molecular weight is 427 g/mol. The lowest BCUT2D eigenvalue weighted by Crippen LogP contribution is -2.35. The number of para-hydroxylation sites is 1. The summed E-state index contributed by atoms with van der Waals surface area (Å²) < 4.78 is 1.83. The number of amidine groups is 2. The van der Waals surface area contributed by atoms with Crippen molar-refractivity contribution in [3.63, 3.8) is 0 Å². The van der Waals surface area contributed by atoms with E-state index in [0.717, 1.165) is 28.2 Å². The first-order valence-corrected chi connectivity index (χ1v) is 10.4. The molecule has 5 rings (SSSR count). The number of aromatic nitrogens is 3. The number of aryl methyl sites for hydroxylation is 1. The highest BCUT2D eigenvalue weighted by molar-refractivity contribution is 8.27. The van der Waals surface area contributed by atoms with Gasteiger partial charge in [0.05, 0.1) is 17.0 Å². The normalized spacial score (nSPS) is 17.1. The minimum atomic E-state index is -0.461. The molecule has 152 valence electrons. The molecule has 3 aromatic rings. The fourth-order valence-electron chi connectivity index (χ4n) is 3.43. The van der Waals surface area contributed by atoms with Crippen LogP contribution in [0.3, 0.4) is 0 Å². The van der Waals surface area contributed by atoms with E-state index in [1.54, 1.807) is 18.5 Å². The Balaban J connectivity index is 1.53. The molecule has 0 spiro atoms. The molecule has 0 unspecified atom stereocenters. The molecule has 9 heteroatoms.